The second-order valence-electron chi connectivity index (χ2n) is 9.23. The van der Waals surface area contributed by atoms with Crippen molar-refractivity contribution >= 4 is 13.4 Å². The minimum Gasteiger partial charge on any atom is -0.495 e. The Morgan fingerprint density at radius 3 is 2.41 bits per heavy atom. The van der Waals surface area contributed by atoms with Crippen LogP contribution in [0.15, 0.2) is 65.4 Å². The largest absolute Gasteiger partial charge is 0.495 e. The second-order valence-corrected chi connectivity index (χ2v) is 9.23. The van der Waals surface area contributed by atoms with E-state index in [0.717, 1.165) is 11.8 Å². The highest BCUT2D eigenvalue weighted by atomic mass is 16.7. The molecule has 32 heavy (non-hydrogen) atoms. The van der Waals surface area contributed by atoms with E-state index in [2.05, 4.69) is 0 Å². The van der Waals surface area contributed by atoms with Gasteiger partial charge in [-0.3, -0.25) is 4.79 Å². The van der Waals surface area contributed by atoms with Crippen molar-refractivity contribution in [3.8, 4) is 0 Å². The number of carbonyl (C=O) groups is 1. The molecule has 0 spiro atoms. The van der Waals surface area contributed by atoms with E-state index >= 15 is 0 Å². The van der Waals surface area contributed by atoms with E-state index < -0.39 is 24.4 Å². The van der Waals surface area contributed by atoms with Gasteiger partial charge in [-0.05, 0) is 44.8 Å². The third kappa shape index (κ3) is 5.59. The number of aliphatic hydroxyl groups is 1. The first-order valence-corrected chi connectivity index (χ1v) is 11.0. The van der Waals surface area contributed by atoms with Crippen LogP contribution in [0, 0.1) is 5.92 Å². The van der Waals surface area contributed by atoms with Crippen molar-refractivity contribution in [2.75, 3.05) is 13.2 Å². The van der Waals surface area contributed by atoms with E-state index in [0.29, 0.717) is 23.4 Å². The Labute approximate surface area is 191 Å². The summed E-state index contributed by atoms with van der Waals surface area (Å²) in [6.07, 6.45) is 5.35. The lowest BCUT2D eigenvalue weighted by atomic mass is 9.68. The number of allylic oxidation sites excluding steroid dienone is 5. The molecule has 0 amide bonds. The Balaban J connectivity index is 1.62. The summed E-state index contributed by atoms with van der Waals surface area (Å²) >= 11 is 0. The molecule has 1 aliphatic carbocycles. The molecule has 172 valence electrons. The van der Waals surface area contributed by atoms with Crippen molar-refractivity contribution < 1.29 is 28.7 Å². The van der Waals surface area contributed by atoms with Crippen molar-refractivity contribution in [3.63, 3.8) is 0 Å². The zero-order chi connectivity index (χ0) is 23.4. The van der Waals surface area contributed by atoms with E-state index in [9.17, 15) is 9.90 Å². The molecule has 1 aromatic carbocycles. The Kier molecular flexibility index (Phi) is 7.77. The number of rotatable bonds is 9. The Hall–Kier alpha value is -2.19. The topological polar surface area (TPSA) is 74.2 Å². The number of ether oxygens (including phenoxy) is 2. The number of aliphatic hydroxyl groups excluding tert-OH is 1. The number of aldehydes is 1. The van der Waals surface area contributed by atoms with E-state index in [4.69, 9.17) is 18.8 Å². The van der Waals surface area contributed by atoms with E-state index in [-0.39, 0.29) is 19.1 Å². The molecule has 0 saturated carbocycles. The number of carbonyl (C=O) groups excluding carboxylic acids is 1. The van der Waals surface area contributed by atoms with Gasteiger partial charge in [-0.25, -0.2) is 0 Å². The number of benzene rings is 1. The van der Waals surface area contributed by atoms with Crippen LogP contribution in [0.4, 0.5) is 0 Å². The average Bonchev–Trinajstić information content (AvgIpc) is 2.86. The number of hydrogen-bond acceptors (Lipinski definition) is 6. The van der Waals surface area contributed by atoms with E-state index in [1.165, 1.54) is 0 Å². The molecule has 0 bridgehead atoms. The van der Waals surface area contributed by atoms with Gasteiger partial charge in [-0.15, -0.1) is 0 Å². The molecule has 3 rings (SSSR count). The third-order valence-corrected chi connectivity index (χ3v) is 6.26. The molecule has 1 heterocycles. The van der Waals surface area contributed by atoms with Gasteiger partial charge in [0.1, 0.15) is 24.8 Å². The molecule has 1 unspecified atom stereocenters. The minimum atomic E-state index is -0.783. The van der Waals surface area contributed by atoms with Crippen LogP contribution in [0.2, 0.25) is 0 Å². The molecule has 1 N–H and O–H groups in total. The van der Waals surface area contributed by atoms with Gasteiger partial charge in [0.25, 0.3) is 0 Å². The van der Waals surface area contributed by atoms with Gasteiger partial charge in [-0.1, -0.05) is 49.4 Å². The Bertz CT molecular complexity index is 871. The highest BCUT2D eigenvalue weighted by Gasteiger charge is 2.54. The van der Waals surface area contributed by atoms with Gasteiger partial charge in [-0.2, -0.15) is 0 Å². The molecule has 1 fully saturated rings. The molecule has 2 atom stereocenters. The minimum absolute atomic E-state index is 0.0753. The highest BCUT2D eigenvalue weighted by Crippen LogP contribution is 2.42. The predicted octanol–water partition coefficient (Wildman–Crippen LogP) is 3.80. The standard InChI is InChI=1S/C25H33BO6/c1-18-22(30-17-21(28)16-29-15-19-10-7-6-8-11-19)13-9-12-20(14-27)23(18)26-31-24(2,3)25(4,5)32-26/h6-14,18,21,28H,15-17H2,1-5H3/t18-,21?/m1/s1. The van der Waals surface area contributed by atoms with E-state index in [1.807, 2.05) is 71.0 Å². The van der Waals surface area contributed by atoms with Crippen LogP contribution in [-0.4, -0.2) is 49.0 Å². The molecule has 1 saturated heterocycles. The fourth-order valence-corrected chi connectivity index (χ4v) is 3.61. The molecule has 6 nitrogen and oxygen atoms in total. The fraction of sp³-hybridized carbons (Fsp3) is 0.480. The lowest BCUT2D eigenvalue weighted by Crippen LogP contribution is -2.41. The zero-order valence-corrected chi connectivity index (χ0v) is 19.5. The summed E-state index contributed by atoms with van der Waals surface area (Å²) in [7, 11) is -0.663. The summed E-state index contributed by atoms with van der Waals surface area (Å²) < 4.78 is 24.0. The quantitative estimate of drug-likeness (QED) is 0.465. The third-order valence-electron chi connectivity index (χ3n) is 6.26. The molecule has 1 aromatic rings. The van der Waals surface area contributed by atoms with Gasteiger partial charge in [0, 0.05) is 11.5 Å². The summed E-state index contributed by atoms with van der Waals surface area (Å²) in [4.78, 5) is 11.8. The summed E-state index contributed by atoms with van der Waals surface area (Å²) in [5.74, 6) is 0.363. The van der Waals surface area contributed by atoms with Gasteiger partial charge in [0.05, 0.1) is 24.4 Å². The van der Waals surface area contributed by atoms with Crippen LogP contribution >= 0.6 is 0 Å². The molecule has 0 radical (unpaired) electrons. The maximum absolute atomic E-state index is 11.8. The number of hydrogen-bond donors (Lipinski definition) is 1. The summed E-state index contributed by atoms with van der Waals surface area (Å²) in [5, 5.41) is 10.3. The van der Waals surface area contributed by atoms with Crippen molar-refractivity contribution in [1.82, 2.24) is 0 Å². The van der Waals surface area contributed by atoms with Crippen LogP contribution < -0.4 is 0 Å². The lowest BCUT2D eigenvalue weighted by Gasteiger charge is -2.32. The highest BCUT2D eigenvalue weighted by molar-refractivity contribution is 6.55. The van der Waals surface area contributed by atoms with Crippen molar-refractivity contribution in [2.24, 2.45) is 5.92 Å². The van der Waals surface area contributed by atoms with Crippen molar-refractivity contribution in [2.45, 2.75) is 58.5 Å². The average molecular weight is 440 g/mol. The molecule has 1 aliphatic heterocycles. The van der Waals surface area contributed by atoms with Gasteiger partial charge in [0.15, 0.2) is 0 Å². The smallest absolute Gasteiger partial charge is 0.492 e. The molecular formula is C25H33BO6. The van der Waals surface area contributed by atoms with Crippen molar-refractivity contribution in [1.29, 1.82) is 0 Å². The van der Waals surface area contributed by atoms with Crippen molar-refractivity contribution in [3.05, 3.63) is 70.9 Å². The first-order valence-electron chi connectivity index (χ1n) is 11.0. The molecular weight excluding hydrogens is 407 g/mol. The fourth-order valence-electron chi connectivity index (χ4n) is 3.61. The maximum Gasteiger partial charge on any atom is 0.492 e. The summed E-state index contributed by atoms with van der Waals surface area (Å²) in [6, 6.07) is 9.79. The first-order chi connectivity index (χ1) is 15.1. The molecule has 0 aromatic heterocycles. The second kappa shape index (κ2) is 10.2. The normalized spacial score (nSPS) is 23.0. The molecule has 2 aliphatic rings. The first kappa shape index (κ1) is 24.5. The SMILES string of the molecule is C[C@@H]1C(OCC(O)COCc2ccccc2)=CC=CC(C=O)=C1B1OC(C)(C)C(C)(C)O1. The van der Waals surface area contributed by atoms with Crippen LogP contribution in [0.5, 0.6) is 0 Å². The summed E-state index contributed by atoms with van der Waals surface area (Å²) in [6.45, 7) is 10.5. The summed E-state index contributed by atoms with van der Waals surface area (Å²) in [5.41, 5.74) is 1.23. The lowest BCUT2D eigenvalue weighted by molar-refractivity contribution is -0.104. The van der Waals surface area contributed by atoms with Crippen LogP contribution in [0.3, 0.4) is 0 Å². The maximum atomic E-state index is 11.8. The van der Waals surface area contributed by atoms with E-state index in [1.54, 1.807) is 12.2 Å². The van der Waals surface area contributed by atoms with Crippen LogP contribution in [-0.2, 0) is 30.2 Å². The Morgan fingerprint density at radius 2 is 1.78 bits per heavy atom. The van der Waals surface area contributed by atoms with Gasteiger partial charge in [0.2, 0.25) is 0 Å². The Morgan fingerprint density at radius 1 is 1.12 bits per heavy atom. The monoisotopic (exact) mass is 440 g/mol. The zero-order valence-electron chi connectivity index (χ0n) is 19.5. The van der Waals surface area contributed by atoms with Crippen LogP contribution in [0.1, 0.15) is 40.2 Å². The molecule has 7 heteroatoms. The predicted molar refractivity (Wildman–Crippen MR) is 124 cm³/mol. The van der Waals surface area contributed by atoms with Gasteiger partial charge >= 0.3 is 7.12 Å². The van der Waals surface area contributed by atoms with Gasteiger partial charge < -0.3 is 23.9 Å². The van der Waals surface area contributed by atoms with Crippen LogP contribution in [0.25, 0.3) is 0 Å².